The molecule has 1 atom stereocenters. The summed E-state index contributed by atoms with van der Waals surface area (Å²) in [4.78, 5) is 38.0. The molecule has 1 N–H and O–H groups in total. The van der Waals surface area contributed by atoms with Crippen LogP contribution >= 0.6 is 0 Å². The van der Waals surface area contributed by atoms with Gasteiger partial charge in [-0.15, -0.1) is 0 Å². The number of aryl methyl sites for hydroxylation is 1. The van der Waals surface area contributed by atoms with Gasteiger partial charge in [-0.25, -0.2) is 13.8 Å². The molecule has 13 heteroatoms. The Morgan fingerprint density at radius 1 is 1.09 bits per heavy atom. The maximum Gasteiger partial charge on any atom is 0.260 e. The topological polar surface area (TPSA) is 116 Å². The molecule has 0 aliphatic heterocycles. The van der Waals surface area contributed by atoms with E-state index in [1.54, 1.807) is 49.1 Å². The molecule has 0 bridgehead atoms. The summed E-state index contributed by atoms with van der Waals surface area (Å²) in [6, 6.07) is 10.7. The molecule has 3 aromatic heterocycles. The third-order valence-corrected chi connectivity index (χ3v) is 7.54. The van der Waals surface area contributed by atoms with Crippen LogP contribution in [0.15, 0.2) is 71.8 Å². The number of likely N-dealkylation sites (N-methyl/N-ethyl adjacent to an activating group) is 1. The molecule has 47 heavy (non-hydrogen) atoms. The van der Waals surface area contributed by atoms with Crippen molar-refractivity contribution in [1.29, 1.82) is 0 Å². The number of rotatable bonds is 12. The Kier molecular flexibility index (Phi) is 9.75. The summed E-state index contributed by atoms with van der Waals surface area (Å²) in [6.45, 7) is 2.41. The van der Waals surface area contributed by atoms with Gasteiger partial charge in [0.05, 0.1) is 31.4 Å². The Bertz CT molecular complexity index is 2010. The number of hydrogen-bond acceptors (Lipinski definition) is 9. The van der Waals surface area contributed by atoms with E-state index in [0.29, 0.717) is 23.3 Å². The number of methoxy groups -OCH3 is 2. The summed E-state index contributed by atoms with van der Waals surface area (Å²) in [5, 5.41) is 7.66. The number of nitrogens with zero attached hydrogens (tertiary/aromatic N) is 6. The fourth-order valence-electron chi connectivity index (χ4n) is 5.20. The van der Waals surface area contributed by atoms with Crippen molar-refractivity contribution in [3.63, 3.8) is 0 Å². The van der Waals surface area contributed by atoms with Gasteiger partial charge in [0.1, 0.15) is 5.65 Å². The lowest BCUT2D eigenvalue weighted by molar-refractivity contribution is -0.114. The Morgan fingerprint density at radius 2 is 1.81 bits per heavy atom. The molecular weight excluding hydrogens is 608 g/mol. The number of hydrogen-bond donors (Lipinski definition) is 1. The summed E-state index contributed by atoms with van der Waals surface area (Å²) in [6.07, 6.45) is 6.71. The second-order valence-corrected chi connectivity index (χ2v) is 11.2. The molecule has 3 heterocycles. The minimum atomic E-state index is -1.06. The Hall–Kier alpha value is -5.43. The third kappa shape index (κ3) is 7.04. The van der Waals surface area contributed by atoms with Crippen molar-refractivity contribution < 1.29 is 23.0 Å². The zero-order valence-corrected chi connectivity index (χ0v) is 26.9. The van der Waals surface area contributed by atoms with Crippen molar-refractivity contribution in [1.82, 2.24) is 29.2 Å². The molecule has 0 fully saturated rings. The first-order valence-electron chi connectivity index (χ1n) is 14.7. The normalized spacial score (nSPS) is 12.2. The molecule has 2 aromatic carbocycles. The van der Waals surface area contributed by atoms with Gasteiger partial charge in [-0.2, -0.15) is 10.1 Å². The van der Waals surface area contributed by atoms with E-state index in [4.69, 9.17) is 9.47 Å². The number of anilines is 2. The van der Waals surface area contributed by atoms with Gasteiger partial charge in [-0.3, -0.25) is 18.8 Å². The summed E-state index contributed by atoms with van der Waals surface area (Å²) < 4.78 is 44.7. The highest BCUT2D eigenvalue weighted by atomic mass is 19.1. The van der Waals surface area contributed by atoms with E-state index in [0.717, 1.165) is 11.6 Å². The van der Waals surface area contributed by atoms with Gasteiger partial charge in [0.25, 0.3) is 5.56 Å². The van der Waals surface area contributed by atoms with Crippen molar-refractivity contribution in [2.45, 2.75) is 19.4 Å². The number of carbonyl (C=O) groups is 1. The highest BCUT2D eigenvalue weighted by Crippen LogP contribution is 2.37. The lowest BCUT2D eigenvalue weighted by atomic mass is 10.00. The van der Waals surface area contributed by atoms with Crippen LogP contribution < -0.4 is 20.3 Å². The molecule has 244 valence electrons. The van der Waals surface area contributed by atoms with E-state index < -0.39 is 28.8 Å². The van der Waals surface area contributed by atoms with Gasteiger partial charge in [-0.05, 0) is 44.3 Å². The number of halogens is 2. The maximum absolute atomic E-state index is 15.7. The standard InChI is InChI=1S/C34H35F2N7O4/c1-20(22-10-7-9-21(15-22)16-24(44)11-8-13-41(2)3)43-32-23(19-37-34(39-32)38-28-12-14-42(4)40-28)17-25(33(43)45)29-30(35)26(46-5)18-27(47-6)31(29)36/h7-12,14-15,17-20H,13,16H2,1-6H3,(H,37,38,39,40)/b11-8+. The Balaban J connectivity index is 1.67. The lowest BCUT2D eigenvalue weighted by Gasteiger charge is -2.21. The number of ketones is 1. The number of pyridine rings is 1. The van der Waals surface area contributed by atoms with Crippen LogP contribution in [-0.2, 0) is 18.3 Å². The van der Waals surface area contributed by atoms with Crippen LogP contribution in [0.2, 0.25) is 0 Å². The van der Waals surface area contributed by atoms with Crippen LogP contribution in [0.25, 0.3) is 22.2 Å². The fraction of sp³-hybridized carbons (Fsp3) is 0.265. The molecule has 11 nitrogen and oxygen atoms in total. The number of carbonyl (C=O) groups excluding carboxylic acids is 1. The van der Waals surface area contributed by atoms with E-state index >= 15 is 8.78 Å². The third-order valence-electron chi connectivity index (χ3n) is 7.54. The van der Waals surface area contributed by atoms with Crippen molar-refractivity contribution in [2.75, 3.05) is 40.2 Å². The van der Waals surface area contributed by atoms with E-state index in [2.05, 4.69) is 20.4 Å². The largest absolute Gasteiger partial charge is 0.494 e. The summed E-state index contributed by atoms with van der Waals surface area (Å²) in [5.74, 6) is -2.13. The zero-order chi connectivity index (χ0) is 33.8. The SMILES string of the molecule is COc1cc(OC)c(F)c(-c2cc3cnc(Nc4ccn(C)n4)nc3n(C(C)c3cccc(CC(=O)/C=C/CN(C)C)c3)c2=O)c1F. The average molecular weight is 644 g/mol. The highest BCUT2D eigenvalue weighted by Gasteiger charge is 2.27. The summed E-state index contributed by atoms with van der Waals surface area (Å²) in [5.41, 5.74) is 0.0351. The molecule has 0 aliphatic carbocycles. The predicted octanol–water partition coefficient (Wildman–Crippen LogP) is 5.07. The second kappa shape index (κ2) is 13.9. The predicted molar refractivity (Wildman–Crippen MR) is 175 cm³/mol. The number of benzene rings is 2. The van der Waals surface area contributed by atoms with E-state index in [9.17, 15) is 9.59 Å². The number of fused-ring (bicyclic) bond motifs is 1. The minimum absolute atomic E-state index is 0.0721. The van der Waals surface area contributed by atoms with Gasteiger partial charge in [-0.1, -0.05) is 30.3 Å². The van der Waals surface area contributed by atoms with Crippen LogP contribution in [0.3, 0.4) is 0 Å². The molecule has 5 rings (SSSR count). The van der Waals surface area contributed by atoms with Crippen LogP contribution in [0, 0.1) is 11.6 Å². The first kappa shape index (κ1) is 32.9. The van der Waals surface area contributed by atoms with Crippen LogP contribution in [-0.4, -0.2) is 69.9 Å². The fourth-order valence-corrected chi connectivity index (χ4v) is 5.20. The zero-order valence-electron chi connectivity index (χ0n) is 26.9. The molecule has 0 saturated carbocycles. The maximum atomic E-state index is 15.7. The smallest absolute Gasteiger partial charge is 0.260 e. The monoisotopic (exact) mass is 643 g/mol. The molecule has 0 aliphatic rings. The van der Waals surface area contributed by atoms with Crippen molar-refractivity contribution >= 4 is 28.6 Å². The van der Waals surface area contributed by atoms with E-state index in [1.807, 2.05) is 37.2 Å². The number of nitrogens with one attached hydrogen (secondary N) is 1. The number of aromatic nitrogens is 5. The van der Waals surface area contributed by atoms with Crippen molar-refractivity contribution in [3.05, 3.63) is 100 Å². The second-order valence-electron chi connectivity index (χ2n) is 11.2. The molecule has 0 radical (unpaired) electrons. The Labute approximate surface area is 270 Å². The molecular formula is C34H35F2N7O4. The number of allylic oxidation sites excluding steroid dienone is 1. The van der Waals surface area contributed by atoms with E-state index in [-0.39, 0.29) is 40.9 Å². The van der Waals surface area contributed by atoms with Crippen LogP contribution in [0.4, 0.5) is 20.5 Å². The van der Waals surface area contributed by atoms with Gasteiger partial charge in [0.2, 0.25) is 5.95 Å². The van der Waals surface area contributed by atoms with Gasteiger partial charge >= 0.3 is 0 Å². The summed E-state index contributed by atoms with van der Waals surface area (Å²) in [7, 11) is 8.06. The quantitative estimate of drug-likeness (QED) is 0.186. The van der Waals surface area contributed by atoms with Gasteiger partial charge in [0, 0.05) is 49.9 Å². The first-order chi connectivity index (χ1) is 22.5. The van der Waals surface area contributed by atoms with Crippen molar-refractivity contribution in [2.24, 2.45) is 7.05 Å². The Morgan fingerprint density at radius 3 is 2.45 bits per heavy atom. The van der Waals surface area contributed by atoms with Crippen molar-refractivity contribution in [3.8, 4) is 22.6 Å². The molecule has 0 saturated heterocycles. The lowest BCUT2D eigenvalue weighted by Crippen LogP contribution is -2.27. The van der Waals surface area contributed by atoms with Crippen LogP contribution in [0.5, 0.6) is 11.5 Å². The van der Waals surface area contributed by atoms with E-state index in [1.165, 1.54) is 31.0 Å². The van der Waals surface area contributed by atoms with Crippen LogP contribution in [0.1, 0.15) is 24.1 Å². The molecule has 0 amide bonds. The van der Waals surface area contributed by atoms with Gasteiger partial charge in [0.15, 0.2) is 34.7 Å². The highest BCUT2D eigenvalue weighted by molar-refractivity contribution is 5.91. The minimum Gasteiger partial charge on any atom is -0.494 e. The number of ether oxygens (including phenoxy) is 2. The molecule has 1 unspecified atom stereocenters. The van der Waals surface area contributed by atoms with Gasteiger partial charge < -0.3 is 19.7 Å². The summed E-state index contributed by atoms with van der Waals surface area (Å²) >= 11 is 0. The first-order valence-corrected chi connectivity index (χ1v) is 14.7. The molecule has 0 spiro atoms. The average Bonchev–Trinajstić information content (AvgIpc) is 3.45. The molecule has 5 aromatic rings.